The van der Waals surface area contributed by atoms with Gasteiger partial charge < -0.3 is 5.32 Å². The molecule has 10 heteroatoms. The molecule has 0 amide bonds. The number of pyridine rings is 1. The minimum atomic E-state index is -4.47. The Morgan fingerprint density at radius 2 is 2.05 bits per heavy atom. The minimum absolute atomic E-state index is 0.0386. The standard InChI is InChI=1S/C11H14ClF3N2O2S2/c1-21(18,19)5-3-16-2-4-20-10-9(12)6-8(7-17-10)11(13,14)15/h6-7,16H,2-5H2,1H3. The highest BCUT2D eigenvalue weighted by atomic mass is 35.5. The van der Waals surface area contributed by atoms with Crippen LogP contribution in [0.1, 0.15) is 5.56 Å². The van der Waals surface area contributed by atoms with E-state index < -0.39 is 21.6 Å². The Kier molecular flexibility index (Phi) is 6.76. The first-order valence-electron chi connectivity index (χ1n) is 5.83. The third-order valence-electron chi connectivity index (χ3n) is 2.30. The zero-order chi connectivity index (χ0) is 16.1. The van der Waals surface area contributed by atoms with Crippen LogP contribution in [-0.4, -0.2) is 44.3 Å². The molecule has 0 aliphatic heterocycles. The molecule has 0 spiro atoms. The highest BCUT2D eigenvalue weighted by Crippen LogP contribution is 2.33. The minimum Gasteiger partial charge on any atom is -0.315 e. The summed E-state index contributed by atoms with van der Waals surface area (Å²) in [5.41, 5.74) is -0.886. The van der Waals surface area contributed by atoms with Crippen LogP contribution in [0, 0.1) is 0 Å². The van der Waals surface area contributed by atoms with Crippen LogP contribution in [0.5, 0.6) is 0 Å². The van der Waals surface area contributed by atoms with Crippen LogP contribution in [0.4, 0.5) is 13.2 Å². The Labute approximate surface area is 130 Å². The summed E-state index contributed by atoms with van der Waals surface area (Å²) in [5.74, 6) is 0.554. The third-order valence-corrected chi connectivity index (χ3v) is 4.65. The van der Waals surface area contributed by atoms with Crippen LogP contribution in [0.3, 0.4) is 0 Å². The van der Waals surface area contributed by atoms with E-state index in [2.05, 4.69) is 10.3 Å². The van der Waals surface area contributed by atoms with Crippen LogP contribution in [0.25, 0.3) is 0 Å². The van der Waals surface area contributed by atoms with Gasteiger partial charge in [-0.2, -0.15) is 13.2 Å². The highest BCUT2D eigenvalue weighted by molar-refractivity contribution is 7.99. The maximum atomic E-state index is 12.4. The molecule has 0 fully saturated rings. The summed E-state index contributed by atoms with van der Waals surface area (Å²) < 4.78 is 59.0. The summed E-state index contributed by atoms with van der Waals surface area (Å²) >= 11 is 6.95. The van der Waals surface area contributed by atoms with E-state index in [0.717, 1.165) is 18.5 Å². The summed E-state index contributed by atoms with van der Waals surface area (Å²) in [5, 5.41) is 3.18. The van der Waals surface area contributed by atoms with E-state index in [1.54, 1.807) is 0 Å². The van der Waals surface area contributed by atoms with Gasteiger partial charge in [-0.15, -0.1) is 11.8 Å². The van der Waals surface area contributed by atoms with Crippen molar-refractivity contribution < 1.29 is 21.6 Å². The van der Waals surface area contributed by atoms with E-state index in [1.807, 2.05) is 0 Å². The lowest BCUT2D eigenvalue weighted by molar-refractivity contribution is -0.137. The number of hydrogen-bond donors (Lipinski definition) is 1. The molecular weight excluding hydrogens is 349 g/mol. The van der Waals surface area contributed by atoms with Crippen LogP contribution >= 0.6 is 23.4 Å². The van der Waals surface area contributed by atoms with Crippen LogP contribution < -0.4 is 5.32 Å². The van der Waals surface area contributed by atoms with Crippen molar-refractivity contribution in [3.8, 4) is 0 Å². The molecule has 120 valence electrons. The van der Waals surface area contributed by atoms with Crippen molar-refractivity contribution in [1.29, 1.82) is 0 Å². The van der Waals surface area contributed by atoms with Crippen molar-refractivity contribution in [2.24, 2.45) is 0 Å². The molecule has 0 atom stereocenters. The predicted octanol–water partition coefficient (Wildman–Crippen LogP) is 2.48. The molecule has 1 aromatic rings. The topological polar surface area (TPSA) is 59.1 Å². The van der Waals surface area contributed by atoms with Crippen molar-refractivity contribution in [3.63, 3.8) is 0 Å². The van der Waals surface area contributed by atoms with E-state index in [4.69, 9.17) is 11.6 Å². The molecule has 0 aliphatic carbocycles. The molecule has 4 nitrogen and oxygen atoms in total. The second-order valence-corrected chi connectivity index (χ2v) is 7.99. The largest absolute Gasteiger partial charge is 0.417 e. The average Bonchev–Trinajstić information content (AvgIpc) is 2.32. The van der Waals surface area contributed by atoms with Crippen molar-refractivity contribution >= 4 is 33.2 Å². The maximum Gasteiger partial charge on any atom is 0.417 e. The van der Waals surface area contributed by atoms with E-state index >= 15 is 0 Å². The van der Waals surface area contributed by atoms with Gasteiger partial charge in [0, 0.05) is 31.3 Å². The molecule has 0 radical (unpaired) electrons. The zero-order valence-corrected chi connectivity index (χ0v) is 13.5. The lowest BCUT2D eigenvalue weighted by Gasteiger charge is -2.09. The van der Waals surface area contributed by atoms with E-state index in [-0.39, 0.29) is 10.8 Å². The summed E-state index contributed by atoms with van der Waals surface area (Å²) in [6.07, 6.45) is -2.58. The van der Waals surface area contributed by atoms with Gasteiger partial charge in [0.25, 0.3) is 0 Å². The number of aromatic nitrogens is 1. The van der Waals surface area contributed by atoms with E-state index in [9.17, 15) is 21.6 Å². The Morgan fingerprint density at radius 3 is 2.57 bits per heavy atom. The van der Waals surface area contributed by atoms with Crippen LogP contribution in [0.15, 0.2) is 17.3 Å². The summed E-state index contributed by atoms with van der Waals surface area (Å²) in [6.45, 7) is 0.826. The first-order valence-corrected chi connectivity index (χ1v) is 9.26. The van der Waals surface area contributed by atoms with Gasteiger partial charge in [0.1, 0.15) is 14.9 Å². The lowest BCUT2D eigenvalue weighted by Crippen LogP contribution is -2.24. The molecule has 1 N–H and O–H groups in total. The Hall–Kier alpha value is -0.510. The molecule has 0 unspecified atom stereocenters. The molecule has 21 heavy (non-hydrogen) atoms. The Bertz CT molecular complexity index is 579. The highest BCUT2D eigenvalue weighted by Gasteiger charge is 2.31. The van der Waals surface area contributed by atoms with Crippen molar-refractivity contribution in [2.75, 3.05) is 30.9 Å². The van der Waals surface area contributed by atoms with Gasteiger partial charge in [0.15, 0.2) is 0 Å². The average molecular weight is 363 g/mol. The normalized spacial score (nSPS) is 12.6. The van der Waals surface area contributed by atoms with Crippen LogP contribution in [0.2, 0.25) is 5.02 Å². The first kappa shape index (κ1) is 18.5. The van der Waals surface area contributed by atoms with Gasteiger partial charge in [0.05, 0.1) is 16.3 Å². The SMILES string of the molecule is CS(=O)(=O)CCNCCSc1ncc(C(F)(F)F)cc1Cl. The molecule has 0 bridgehead atoms. The number of rotatable bonds is 7. The molecule has 1 aromatic heterocycles. The van der Waals surface area contributed by atoms with Gasteiger partial charge in [-0.25, -0.2) is 13.4 Å². The molecule has 0 aliphatic rings. The van der Waals surface area contributed by atoms with Gasteiger partial charge in [-0.05, 0) is 6.07 Å². The monoisotopic (exact) mass is 362 g/mol. The number of thioether (sulfide) groups is 1. The number of hydrogen-bond acceptors (Lipinski definition) is 5. The van der Waals surface area contributed by atoms with Gasteiger partial charge in [0.2, 0.25) is 0 Å². The zero-order valence-electron chi connectivity index (χ0n) is 11.1. The molecule has 1 rings (SSSR count). The molecular formula is C11H14ClF3N2O2S2. The van der Waals surface area contributed by atoms with Crippen molar-refractivity contribution in [3.05, 3.63) is 22.8 Å². The number of nitrogens with one attached hydrogen (secondary N) is 1. The quantitative estimate of drug-likeness (QED) is 0.596. The van der Waals surface area contributed by atoms with E-state index in [1.165, 1.54) is 11.8 Å². The second-order valence-electron chi connectivity index (χ2n) is 4.24. The van der Waals surface area contributed by atoms with Crippen molar-refractivity contribution in [1.82, 2.24) is 10.3 Å². The molecule has 0 aromatic carbocycles. The fourth-order valence-corrected chi connectivity index (χ4v) is 2.90. The number of sulfone groups is 1. The Balaban J connectivity index is 2.40. The summed E-state index contributed by atoms with van der Waals surface area (Å²) in [6, 6.07) is 0.841. The number of halogens is 4. The second kappa shape index (κ2) is 7.66. The third kappa shape index (κ3) is 7.35. The van der Waals surface area contributed by atoms with E-state index in [0.29, 0.717) is 23.9 Å². The summed E-state index contributed by atoms with van der Waals surface area (Å²) in [7, 11) is -3.00. The molecule has 0 saturated carbocycles. The molecule has 0 saturated heterocycles. The van der Waals surface area contributed by atoms with Gasteiger partial charge in [-0.3, -0.25) is 0 Å². The maximum absolute atomic E-state index is 12.4. The predicted molar refractivity (Wildman–Crippen MR) is 77.6 cm³/mol. The summed E-state index contributed by atoms with van der Waals surface area (Å²) in [4.78, 5) is 3.69. The van der Waals surface area contributed by atoms with Crippen LogP contribution in [-0.2, 0) is 16.0 Å². The van der Waals surface area contributed by atoms with Gasteiger partial charge in [-0.1, -0.05) is 11.6 Å². The first-order chi connectivity index (χ1) is 9.59. The fraction of sp³-hybridized carbons (Fsp3) is 0.545. The Morgan fingerprint density at radius 1 is 1.38 bits per heavy atom. The number of alkyl halides is 3. The smallest absolute Gasteiger partial charge is 0.315 e. The van der Waals surface area contributed by atoms with Crippen molar-refractivity contribution in [2.45, 2.75) is 11.2 Å². The number of nitrogens with zero attached hydrogens (tertiary/aromatic N) is 1. The molecule has 1 heterocycles. The fourth-order valence-electron chi connectivity index (χ4n) is 1.29. The van der Waals surface area contributed by atoms with Gasteiger partial charge >= 0.3 is 6.18 Å². The lowest BCUT2D eigenvalue weighted by atomic mass is 10.3.